The van der Waals surface area contributed by atoms with Crippen molar-refractivity contribution in [2.75, 3.05) is 5.32 Å². The Kier molecular flexibility index (Phi) is 4.15. The molecule has 2 aromatic carbocycles. The highest BCUT2D eigenvalue weighted by molar-refractivity contribution is 5.93. The van der Waals surface area contributed by atoms with Crippen LogP contribution in [0.5, 0.6) is 0 Å². The van der Waals surface area contributed by atoms with Gasteiger partial charge in [0.2, 0.25) is 11.9 Å². The molecule has 0 saturated carbocycles. The number of rotatable bonds is 3. The Morgan fingerprint density at radius 3 is 2.39 bits per heavy atom. The molecule has 0 saturated heterocycles. The second-order valence-corrected chi connectivity index (χ2v) is 4.81. The number of anilines is 1. The smallest absolute Gasteiger partial charge is 0.252 e. The number of nitrogens with two attached hydrogens (primary N) is 1. The molecule has 0 unspecified atom stereocenters. The summed E-state index contributed by atoms with van der Waals surface area (Å²) in [6, 6.07) is 20.2. The third kappa shape index (κ3) is 3.82. The van der Waals surface area contributed by atoms with Gasteiger partial charge in [0.1, 0.15) is 0 Å². The highest BCUT2D eigenvalue weighted by Crippen LogP contribution is 2.16. The molecule has 6 nitrogen and oxygen atoms in total. The van der Waals surface area contributed by atoms with E-state index in [1.165, 1.54) is 6.07 Å². The second kappa shape index (κ2) is 6.57. The fourth-order valence-electron chi connectivity index (χ4n) is 2.07. The van der Waals surface area contributed by atoms with E-state index in [1.807, 2.05) is 60.7 Å². The topological polar surface area (TPSA) is 96.2 Å². The summed E-state index contributed by atoms with van der Waals surface area (Å²) in [5, 5.41) is 2.93. The van der Waals surface area contributed by atoms with E-state index in [4.69, 9.17) is 5.73 Å². The van der Waals surface area contributed by atoms with Crippen molar-refractivity contribution in [3.63, 3.8) is 0 Å². The van der Waals surface area contributed by atoms with Crippen LogP contribution in [0.15, 0.2) is 76.5 Å². The van der Waals surface area contributed by atoms with Gasteiger partial charge in [0, 0.05) is 17.3 Å². The molecule has 0 aliphatic carbocycles. The maximum Gasteiger partial charge on any atom is 0.252 e. The first-order valence-corrected chi connectivity index (χ1v) is 7.04. The average molecular weight is 305 g/mol. The van der Waals surface area contributed by atoms with Crippen molar-refractivity contribution in [3.8, 4) is 11.3 Å². The lowest BCUT2D eigenvalue weighted by Gasteiger charge is -2.05. The fourth-order valence-corrected chi connectivity index (χ4v) is 2.07. The molecular weight excluding hydrogens is 290 g/mol. The molecule has 4 N–H and O–H groups in total. The molecule has 6 heteroatoms. The van der Waals surface area contributed by atoms with Crippen molar-refractivity contribution in [3.05, 3.63) is 77.1 Å². The van der Waals surface area contributed by atoms with Crippen molar-refractivity contribution in [2.45, 2.75) is 0 Å². The highest BCUT2D eigenvalue weighted by atomic mass is 16.1. The largest absolute Gasteiger partial charge is 0.369 e. The third-order valence-corrected chi connectivity index (χ3v) is 3.07. The number of hydrogen-bond acceptors (Lipinski definition) is 3. The lowest BCUT2D eigenvalue weighted by atomic mass is 10.1. The SMILES string of the molecule is N/C(=N\c1nc(-c2ccccc2)cc(=O)[nH]1)Nc1ccccc1. The minimum atomic E-state index is -0.287. The van der Waals surface area contributed by atoms with Gasteiger partial charge in [-0.15, -0.1) is 0 Å². The quantitative estimate of drug-likeness (QED) is 0.511. The maximum atomic E-state index is 11.8. The number of H-pyrrole nitrogens is 1. The summed E-state index contributed by atoms with van der Waals surface area (Å²) in [6.45, 7) is 0. The summed E-state index contributed by atoms with van der Waals surface area (Å²) in [5.41, 5.74) is 7.75. The molecule has 0 spiro atoms. The van der Waals surface area contributed by atoms with Crippen molar-refractivity contribution in [1.29, 1.82) is 0 Å². The van der Waals surface area contributed by atoms with Crippen molar-refractivity contribution >= 4 is 17.6 Å². The number of nitrogens with zero attached hydrogens (tertiary/aromatic N) is 2. The van der Waals surface area contributed by atoms with Gasteiger partial charge < -0.3 is 11.1 Å². The fraction of sp³-hybridized carbons (Fsp3) is 0. The second-order valence-electron chi connectivity index (χ2n) is 4.81. The van der Waals surface area contributed by atoms with Gasteiger partial charge in [-0.25, -0.2) is 4.98 Å². The molecule has 23 heavy (non-hydrogen) atoms. The third-order valence-electron chi connectivity index (χ3n) is 3.07. The van der Waals surface area contributed by atoms with E-state index in [0.717, 1.165) is 11.3 Å². The zero-order chi connectivity index (χ0) is 16.1. The first-order valence-electron chi connectivity index (χ1n) is 7.04. The Balaban J connectivity index is 1.90. The Labute approximate surface area is 132 Å². The van der Waals surface area contributed by atoms with Crippen molar-refractivity contribution in [1.82, 2.24) is 9.97 Å². The summed E-state index contributed by atoms with van der Waals surface area (Å²) in [5.74, 6) is 0.293. The molecule has 3 rings (SSSR count). The number of hydrogen-bond donors (Lipinski definition) is 3. The summed E-state index contributed by atoms with van der Waals surface area (Å²) in [4.78, 5) is 22.8. The summed E-state index contributed by atoms with van der Waals surface area (Å²) >= 11 is 0. The van der Waals surface area contributed by atoms with Crippen LogP contribution >= 0.6 is 0 Å². The van der Waals surface area contributed by atoms with Gasteiger partial charge in [-0.05, 0) is 12.1 Å². The lowest BCUT2D eigenvalue weighted by molar-refractivity contribution is 1.10. The van der Waals surface area contributed by atoms with Crippen LogP contribution in [-0.2, 0) is 0 Å². The monoisotopic (exact) mass is 305 g/mol. The first-order chi connectivity index (χ1) is 11.2. The van der Waals surface area contributed by atoms with Crippen LogP contribution in [0.25, 0.3) is 11.3 Å². The van der Waals surface area contributed by atoms with E-state index in [9.17, 15) is 4.79 Å². The van der Waals surface area contributed by atoms with Gasteiger partial charge in [-0.3, -0.25) is 9.78 Å². The van der Waals surface area contributed by atoms with Gasteiger partial charge in [0.15, 0.2) is 0 Å². The Hall–Kier alpha value is -3.41. The van der Waals surface area contributed by atoms with Crippen LogP contribution in [0.2, 0.25) is 0 Å². The molecule has 0 radical (unpaired) electrons. The molecule has 114 valence electrons. The lowest BCUT2D eigenvalue weighted by Crippen LogP contribution is -2.22. The minimum absolute atomic E-state index is 0.143. The predicted octanol–water partition coefficient (Wildman–Crippen LogP) is 2.50. The van der Waals surface area contributed by atoms with E-state index in [0.29, 0.717) is 5.69 Å². The van der Waals surface area contributed by atoms with E-state index in [1.54, 1.807) is 0 Å². The maximum absolute atomic E-state index is 11.8. The van der Waals surface area contributed by atoms with E-state index >= 15 is 0 Å². The Morgan fingerprint density at radius 2 is 1.70 bits per heavy atom. The molecule has 0 fully saturated rings. The van der Waals surface area contributed by atoms with Gasteiger partial charge in [0.25, 0.3) is 5.56 Å². The van der Waals surface area contributed by atoms with Crippen LogP contribution in [-0.4, -0.2) is 15.9 Å². The number of aliphatic imine (C=N–C) groups is 1. The zero-order valence-electron chi connectivity index (χ0n) is 12.2. The van der Waals surface area contributed by atoms with Gasteiger partial charge in [-0.1, -0.05) is 48.5 Å². The van der Waals surface area contributed by atoms with Crippen molar-refractivity contribution < 1.29 is 0 Å². The van der Waals surface area contributed by atoms with Gasteiger partial charge >= 0.3 is 0 Å². The molecule has 3 aromatic rings. The Bertz CT molecular complexity index is 872. The average Bonchev–Trinajstić information content (AvgIpc) is 2.56. The molecule has 1 aromatic heterocycles. The molecule has 0 amide bonds. The van der Waals surface area contributed by atoms with Crippen LogP contribution in [0.4, 0.5) is 11.6 Å². The number of guanidine groups is 1. The summed E-state index contributed by atoms with van der Waals surface area (Å²) < 4.78 is 0. The molecule has 0 atom stereocenters. The molecule has 1 heterocycles. The molecule has 0 aliphatic rings. The highest BCUT2D eigenvalue weighted by Gasteiger charge is 2.04. The van der Waals surface area contributed by atoms with Crippen LogP contribution in [0, 0.1) is 0 Å². The zero-order valence-corrected chi connectivity index (χ0v) is 12.2. The van der Waals surface area contributed by atoms with E-state index < -0.39 is 0 Å². The van der Waals surface area contributed by atoms with Crippen LogP contribution < -0.4 is 16.6 Å². The standard InChI is InChI=1S/C17H15N5O/c18-16(19-13-9-5-2-6-10-13)22-17-20-14(11-15(23)21-17)12-7-3-1-4-8-12/h1-11H,(H4,18,19,20,21,22,23). The molecular formula is C17H15N5O. The van der Waals surface area contributed by atoms with Crippen LogP contribution in [0.3, 0.4) is 0 Å². The number of nitrogens with one attached hydrogen (secondary N) is 2. The number of aromatic nitrogens is 2. The van der Waals surface area contributed by atoms with Crippen LogP contribution in [0.1, 0.15) is 0 Å². The normalized spacial score (nSPS) is 11.2. The van der Waals surface area contributed by atoms with Crippen molar-refractivity contribution in [2.24, 2.45) is 10.7 Å². The predicted molar refractivity (Wildman–Crippen MR) is 91.6 cm³/mol. The molecule has 0 aliphatic heterocycles. The van der Waals surface area contributed by atoms with Gasteiger partial charge in [0.05, 0.1) is 5.69 Å². The van der Waals surface area contributed by atoms with Gasteiger partial charge in [-0.2, -0.15) is 4.99 Å². The number of para-hydroxylation sites is 1. The summed E-state index contributed by atoms with van der Waals surface area (Å²) in [6.07, 6.45) is 0. The minimum Gasteiger partial charge on any atom is -0.369 e. The van der Waals surface area contributed by atoms with E-state index in [-0.39, 0.29) is 17.5 Å². The summed E-state index contributed by atoms with van der Waals surface area (Å²) in [7, 11) is 0. The number of aromatic amines is 1. The molecule has 0 bridgehead atoms. The first kappa shape index (κ1) is 14.5. The Morgan fingerprint density at radius 1 is 1.04 bits per heavy atom. The number of benzene rings is 2. The van der Waals surface area contributed by atoms with E-state index in [2.05, 4.69) is 20.3 Å².